The zero-order valence-corrected chi connectivity index (χ0v) is 13.4. The summed E-state index contributed by atoms with van der Waals surface area (Å²) in [5.41, 5.74) is 2.58. The molecule has 118 valence electrons. The van der Waals surface area contributed by atoms with Crippen LogP contribution in [0.1, 0.15) is 35.3 Å². The molecular formula is C19H20N2O2. The monoisotopic (exact) mass is 308 g/mol. The number of rotatable bonds is 4. The average Bonchev–Trinajstić information content (AvgIpc) is 2.55. The highest BCUT2D eigenvalue weighted by Gasteiger charge is 2.21. The van der Waals surface area contributed by atoms with E-state index in [2.05, 4.69) is 28.5 Å². The first-order chi connectivity index (χ1) is 11.0. The Kier molecular flexibility index (Phi) is 4.15. The van der Waals surface area contributed by atoms with E-state index in [-0.39, 0.29) is 11.5 Å². The van der Waals surface area contributed by atoms with Crippen LogP contribution in [0.4, 0.5) is 0 Å². The van der Waals surface area contributed by atoms with E-state index in [4.69, 9.17) is 4.74 Å². The van der Waals surface area contributed by atoms with Crippen molar-refractivity contribution in [3.63, 3.8) is 0 Å². The molecule has 0 bridgehead atoms. The normalized spacial score (nSPS) is 14.7. The molecule has 0 atom stereocenters. The van der Waals surface area contributed by atoms with Crippen molar-refractivity contribution in [3.8, 4) is 5.75 Å². The lowest BCUT2D eigenvalue weighted by molar-refractivity contribution is 0.0953. The maximum absolute atomic E-state index is 12.0. The molecule has 3 rings (SSSR count). The van der Waals surface area contributed by atoms with Gasteiger partial charge in [-0.1, -0.05) is 12.1 Å². The topological polar surface area (TPSA) is 51.2 Å². The lowest BCUT2D eigenvalue weighted by atomic mass is 10.00. The number of amides is 1. The van der Waals surface area contributed by atoms with Crippen molar-refractivity contribution in [3.05, 3.63) is 65.5 Å². The van der Waals surface area contributed by atoms with Gasteiger partial charge in [-0.15, -0.1) is 0 Å². The van der Waals surface area contributed by atoms with Crippen LogP contribution >= 0.6 is 0 Å². The van der Waals surface area contributed by atoms with Crippen molar-refractivity contribution >= 4 is 12.0 Å². The minimum Gasteiger partial charge on any atom is -0.483 e. The summed E-state index contributed by atoms with van der Waals surface area (Å²) < 4.78 is 5.91. The van der Waals surface area contributed by atoms with Crippen molar-refractivity contribution in [2.75, 3.05) is 6.54 Å². The minimum absolute atomic E-state index is 0.0963. The number of benzene rings is 1. The Morgan fingerprint density at radius 1 is 1.30 bits per heavy atom. The number of aromatic nitrogens is 1. The Morgan fingerprint density at radius 3 is 2.96 bits per heavy atom. The largest absolute Gasteiger partial charge is 0.483 e. The molecule has 2 heterocycles. The summed E-state index contributed by atoms with van der Waals surface area (Å²) in [6.07, 6.45) is 8.15. The second kappa shape index (κ2) is 6.24. The Labute approximate surface area is 136 Å². The number of pyridine rings is 1. The zero-order valence-electron chi connectivity index (χ0n) is 13.4. The molecule has 1 aliphatic rings. The molecule has 1 amide bonds. The summed E-state index contributed by atoms with van der Waals surface area (Å²) in [5, 5.41) is 2.91. The molecule has 0 saturated carbocycles. The third-order valence-electron chi connectivity index (χ3n) is 3.73. The first-order valence-electron chi connectivity index (χ1n) is 7.73. The van der Waals surface area contributed by atoms with Crippen molar-refractivity contribution < 1.29 is 9.53 Å². The lowest BCUT2D eigenvalue weighted by Gasteiger charge is -2.28. The van der Waals surface area contributed by atoms with Gasteiger partial charge in [0.05, 0.1) is 5.56 Å². The van der Waals surface area contributed by atoms with Gasteiger partial charge < -0.3 is 10.1 Å². The van der Waals surface area contributed by atoms with Gasteiger partial charge in [-0.3, -0.25) is 9.78 Å². The minimum atomic E-state index is -0.258. The summed E-state index contributed by atoms with van der Waals surface area (Å²) in [4.78, 5) is 15.9. The fraction of sp³-hybridized carbons (Fsp3) is 0.263. The van der Waals surface area contributed by atoms with Crippen molar-refractivity contribution in [1.82, 2.24) is 10.3 Å². The van der Waals surface area contributed by atoms with E-state index >= 15 is 0 Å². The average molecular weight is 308 g/mol. The number of carbonyl (C=O) groups excluding carboxylic acids is 1. The van der Waals surface area contributed by atoms with E-state index in [1.54, 1.807) is 24.5 Å². The molecule has 0 aliphatic carbocycles. The molecular weight excluding hydrogens is 288 g/mol. The summed E-state index contributed by atoms with van der Waals surface area (Å²) in [6.45, 7) is 4.66. The van der Waals surface area contributed by atoms with Gasteiger partial charge in [0.2, 0.25) is 0 Å². The fourth-order valence-electron chi connectivity index (χ4n) is 2.50. The van der Waals surface area contributed by atoms with Crippen LogP contribution in [0.25, 0.3) is 6.08 Å². The molecule has 0 fully saturated rings. The van der Waals surface area contributed by atoms with E-state index in [1.807, 2.05) is 26.0 Å². The predicted molar refractivity (Wildman–Crippen MR) is 90.5 cm³/mol. The van der Waals surface area contributed by atoms with Crippen LogP contribution in [0.2, 0.25) is 0 Å². The van der Waals surface area contributed by atoms with Crippen LogP contribution in [0.5, 0.6) is 5.75 Å². The molecule has 1 aromatic carbocycles. The molecule has 0 radical (unpaired) electrons. The number of fused-ring (bicyclic) bond motifs is 1. The number of carbonyl (C=O) groups is 1. The van der Waals surface area contributed by atoms with Crippen molar-refractivity contribution in [1.29, 1.82) is 0 Å². The quantitative estimate of drug-likeness (QED) is 0.943. The molecule has 4 heteroatoms. The van der Waals surface area contributed by atoms with Crippen LogP contribution < -0.4 is 10.1 Å². The van der Waals surface area contributed by atoms with Gasteiger partial charge in [0, 0.05) is 24.5 Å². The smallest absolute Gasteiger partial charge is 0.252 e. The van der Waals surface area contributed by atoms with Crippen LogP contribution in [0, 0.1) is 0 Å². The van der Waals surface area contributed by atoms with Gasteiger partial charge in [-0.25, -0.2) is 0 Å². The van der Waals surface area contributed by atoms with Crippen LogP contribution in [-0.2, 0) is 6.42 Å². The Morgan fingerprint density at radius 2 is 2.17 bits per heavy atom. The van der Waals surface area contributed by atoms with Crippen molar-refractivity contribution in [2.45, 2.75) is 25.9 Å². The predicted octanol–water partition coefficient (Wildman–Crippen LogP) is 3.24. The van der Waals surface area contributed by atoms with Gasteiger partial charge in [-0.2, -0.15) is 0 Å². The molecule has 1 aliphatic heterocycles. The number of nitrogens with one attached hydrogen (secondary N) is 1. The number of ether oxygens (including phenoxy) is 1. The summed E-state index contributed by atoms with van der Waals surface area (Å²) in [6, 6.07) is 9.66. The molecule has 0 spiro atoms. The molecule has 0 unspecified atom stereocenters. The number of hydrogen-bond donors (Lipinski definition) is 1. The van der Waals surface area contributed by atoms with E-state index in [1.165, 1.54) is 5.56 Å². The van der Waals surface area contributed by atoms with Gasteiger partial charge >= 0.3 is 0 Å². The molecule has 1 aromatic heterocycles. The highest BCUT2D eigenvalue weighted by Crippen LogP contribution is 2.31. The van der Waals surface area contributed by atoms with E-state index in [0.717, 1.165) is 17.7 Å². The van der Waals surface area contributed by atoms with Gasteiger partial charge in [0.25, 0.3) is 5.91 Å². The standard InChI is InChI=1S/C19H20N2O2/c1-19(2)9-7-15-12-14(5-6-17(15)23-19)8-11-21-18(22)16-4-3-10-20-13-16/h3-7,9-10,12-13H,8,11H2,1-2H3,(H,21,22). The van der Waals surface area contributed by atoms with Gasteiger partial charge in [-0.05, 0) is 56.2 Å². The highest BCUT2D eigenvalue weighted by molar-refractivity contribution is 5.93. The lowest BCUT2D eigenvalue weighted by Crippen LogP contribution is -2.27. The molecule has 23 heavy (non-hydrogen) atoms. The third kappa shape index (κ3) is 3.77. The van der Waals surface area contributed by atoms with Gasteiger partial charge in [0.1, 0.15) is 11.4 Å². The highest BCUT2D eigenvalue weighted by atomic mass is 16.5. The first-order valence-corrected chi connectivity index (χ1v) is 7.73. The van der Waals surface area contributed by atoms with Crippen LogP contribution in [0.3, 0.4) is 0 Å². The molecule has 0 saturated heterocycles. The van der Waals surface area contributed by atoms with E-state index < -0.39 is 0 Å². The van der Waals surface area contributed by atoms with E-state index in [9.17, 15) is 4.79 Å². The number of hydrogen-bond acceptors (Lipinski definition) is 3. The molecule has 4 nitrogen and oxygen atoms in total. The summed E-state index contributed by atoms with van der Waals surface area (Å²) in [7, 11) is 0. The molecule has 1 N–H and O–H groups in total. The Hall–Kier alpha value is -2.62. The summed E-state index contributed by atoms with van der Waals surface area (Å²) >= 11 is 0. The maximum Gasteiger partial charge on any atom is 0.252 e. The van der Waals surface area contributed by atoms with Crippen LogP contribution in [-0.4, -0.2) is 23.0 Å². The second-order valence-electron chi connectivity index (χ2n) is 6.16. The fourth-order valence-corrected chi connectivity index (χ4v) is 2.50. The summed E-state index contributed by atoms with van der Waals surface area (Å²) in [5.74, 6) is 0.807. The van der Waals surface area contributed by atoms with Crippen LogP contribution in [0.15, 0.2) is 48.8 Å². The third-order valence-corrected chi connectivity index (χ3v) is 3.73. The SMILES string of the molecule is CC1(C)C=Cc2cc(CCNC(=O)c3cccnc3)ccc2O1. The van der Waals surface area contributed by atoms with Gasteiger partial charge in [0.15, 0.2) is 0 Å². The first kappa shape index (κ1) is 15.3. The Balaban J connectivity index is 1.59. The second-order valence-corrected chi connectivity index (χ2v) is 6.16. The maximum atomic E-state index is 12.0. The van der Waals surface area contributed by atoms with Crippen molar-refractivity contribution in [2.24, 2.45) is 0 Å². The zero-order chi connectivity index (χ0) is 16.3. The Bertz CT molecular complexity index is 736. The molecule has 2 aromatic rings. The van der Waals surface area contributed by atoms with E-state index in [0.29, 0.717) is 12.1 Å². The number of nitrogens with zero attached hydrogens (tertiary/aromatic N) is 1.